The van der Waals surface area contributed by atoms with Gasteiger partial charge >= 0.3 is 7.82 Å². The van der Waals surface area contributed by atoms with E-state index in [9.17, 15) is 9.46 Å². The molecular weight excluding hydrogens is 247 g/mol. The van der Waals surface area contributed by atoms with Crippen LogP contribution in [0.3, 0.4) is 0 Å². The highest BCUT2D eigenvalue weighted by atomic mass is 31.2. The van der Waals surface area contributed by atoms with E-state index in [4.69, 9.17) is 18.9 Å². The largest absolute Gasteiger partial charge is 0.472 e. The average molecular weight is 268 g/mol. The lowest BCUT2D eigenvalue weighted by molar-refractivity contribution is -0.0197. The summed E-state index contributed by atoms with van der Waals surface area (Å²) in [7, 11) is -4.06. The third-order valence-corrected chi connectivity index (χ3v) is 3.42. The van der Waals surface area contributed by atoms with Crippen LogP contribution in [0.2, 0.25) is 0 Å². The van der Waals surface area contributed by atoms with Crippen LogP contribution in [-0.4, -0.2) is 41.5 Å². The van der Waals surface area contributed by atoms with Crippen molar-refractivity contribution < 1.29 is 28.3 Å². The molecule has 1 fully saturated rings. The molecule has 0 aromatic heterocycles. The molecular formula is C10H21O6P. The predicted molar refractivity (Wildman–Crippen MR) is 61.5 cm³/mol. The Labute approximate surface area is 101 Å². The van der Waals surface area contributed by atoms with E-state index in [0.717, 1.165) is 0 Å². The smallest absolute Gasteiger partial charge is 0.394 e. The van der Waals surface area contributed by atoms with Gasteiger partial charge in [0.25, 0.3) is 0 Å². The highest BCUT2D eigenvalue weighted by Crippen LogP contribution is 2.47. The summed E-state index contributed by atoms with van der Waals surface area (Å²) in [6, 6.07) is 0. The fourth-order valence-corrected chi connectivity index (χ4v) is 2.75. The maximum atomic E-state index is 11.6. The van der Waals surface area contributed by atoms with E-state index in [1.807, 2.05) is 20.8 Å². The zero-order valence-electron chi connectivity index (χ0n) is 10.4. The molecule has 2 N–H and O–H groups in total. The average Bonchev–Trinajstić information content (AvgIpc) is 2.55. The van der Waals surface area contributed by atoms with Gasteiger partial charge in [0.05, 0.1) is 19.3 Å². The van der Waals surface area contributed by atoms with Crippen molar-refractivity contribution in [1.82, 2.24) is 0 Å². The molecule has 2 unspecified atom stereocenters. The second-order valence-electron chi connectivity index (χ2n) is 4.71. The van der Waals surface area contributed by atoms with E-state index in [1.165, 1.54) is 0 Å². The molecule has 6 nitrogen and oxygen atoms in total. The molecule has 1 aliphatic heterocycles. The first kappa shape index (κ1) is 15.1. The van der Waals surface area contributed by atoms with E-state index in [-0.39, 0.29) is 25.2 Å². The minimum absolute atomic E-state index is 0.0951. The second-order valence-corrected chi connectivity index (χ2v) is 6.11. The number of rotatable bonds is 6. The van der Waals surface area contributed by atoms with Crippen molar-refractivity contribution >= 4 is 7.82 Å². The topological polar surface area (TPSA) is 85.2 Å². The van der Waals surface area contributed by atoms with Gasteiger partial charge < -0.3 is 14.7 Å². The fraction of sp³-hybridized carbons (Fsp3) is 1.00. The summed E-state index contributed by atoms with van der Waals surface area (Å²) in [6.45, 7) is 5.48. The van der Waals surface area contributed by atoms with Crippen molar-refractivity contribution in [3.8, 4) is 0 Å². The summed E-state index contributed by atoms with van der Waals surface area (Å²) in [5.74, 6) is 0.145. The maximum Gasteiger partial charge on any atom is 0.472 e. The summed E-state index contributed by atoms with van der Waals surface area (Å²) >= 11 is 0. The van der Waals surface area contributed by atoms with Crippen molar-refractivity contribution in [2.75, 3.05) is 13.2 Å². The lowest BCUT2D eigenvalue weighted by Gasteiger charge is -2.20. The van der Waals surface area contributed by atoms with Gasteiger partial charge in [-0.15, -0.1) is 0 Å². The van der Waals surface area contributed by atoms with E-state index in [2.05, 4.69) is 0 Å². The van der Waals surface area contributed by atoms with Crippen LogP contribution in [0.4, 0.5) is 0 Å². The number of phosphoric acid groups is 1. The lowest BCUT2D eigenvalue weighted by Crippen LogP contribution is -2.27. The zero-order valence-corrected chi connectivity index (χ0v) is 11.3. The second kappa shape index (κ2) is 6.27. The summed E-state index contributed by atoms with van der Waals surface area (Å²) in [5.41, 5.74) is 0. The van der Waals surface area contributed by atoms with E-state index in [1.54, 1.807) is 0 Å². The molecule has 0 bridgehead atoms. The van der Waals surface area contributed by atoms with Gasteiger partial charge in [0.2, 0.25) is 0 Å². The molecule has 1 saturated heterocycles. The third-order valence-electron chi connectivity index (χ3n) is 2.41. The summed E-state index contributed by atoms with van der Waals surface area (Å²) in [4.78, 5) is 9.50. The van der Waals surface area contributed by atoms with E-state index in [0.29, 0.717) is 6.42 Å². The first-order valence-corrected chi connectivity index (χ1v) is 7.25. The number of hydrogen-bond acceptors (Lipinski definition) is 5. The predicted octanol–water partition coefficient (Wildman–Crippen LogP) is 1.31. The molecule has 1 aliphatic rings. The van der Waals surface area contributed by atoms with Gasteiger partial charge in [-0.25, -0.2) is 4.57 Å². The van der Waals surface area contributed by atoms with Crippen LogP contribution in [0.15, 0.2) is 0 Å². The Morgan fingerprint density at radius 3 is 2.71 bits per heavy atom. The van der Waals surface area contributed by atoms with Crippen molar-refractivity contribution in [3.63, 3.8) is 0 Å². The Morgan fingerprint density at radius 1 is 1.53 bits per heavy atom. The zero-order chi connectivity index (χ0) is 13.1. The van der Waals surface area contributed by atoms with Gasteiger partial charge in [-0.1, -0.05) is 13.8 Å². The fourth-order valence-electron chi connectivity index (χ4n) is 1.64. The van der Waals surface area contributed by atoms with Crippen LogP contribution < -0.4 is 0 Å². The van der Waals surface area contributed by atoms with Crippen LogP contribution in [0.25, 0.3) is 0 Å². The van der Waals surface area contributed by atoms with Crippen molar-refractivity contribution in [3.05, 3.63) is 0 Å². The Morgan fingerprint density at radius 2 is 2.18 bits per heavy atom. The number of phosphoric ester groups is 1. The van der Waals surface area contributed by atoms with Gasteiger partial charge in [-0.05, 0) is 12.8 Å². The minimum Gasteiger partial charge on any atom is -0.394 e. The van der Waals surface area contributed by atoms with E-state index < -0.39 is 20.0 Å². The monoisotopic (exact) mass is 268 g/mol. The standard InChI is InChI=1S/C10H21O6P/c1-7(2)6-14-17(12,13)16-9-4-8(3)15-10(9)5-11/h7-11H,4-6H2,1-3H3,(H,12,13)/t8-,9?,10+/m0/s1. The molecule has 1 heterocycles. The van der Waals surface area contributed by atoms with Crippen LogP contribution in [0.1, 0.15) is 27.2 Å². The molecule has 0 amide bonds. The Hall–Kier alpha value is 0.0300. The first-order chi connectivity index (χ1) is 7.84. The van der Waals surface area contributed by atoms with Crippen molar-refractivity contribution in [2.45, 2.75) is 45.5 Å². The summed E-state index contributed by atoms with van der Waals surface area (Å²) in [6.07, 6.45) is -0.783. The molecule has 0 saturated carbocycles. The quantitative estimate of drug-likeness (QED) is 0.706. The number of ether oxygens (including phenoxy) is 1. The molecule has 102 valence electrons. The first-order valence-electron chi connectivity index (χ1n) is 5.76. The normalized spacial score (nSPS) is 32.9. The Kier molecular flexibility index (Phi) is 5.57. The molecule has 0 radical (unpaired) electrons. The van der Waals surface area contributed by atoms with Gasteiger partial charge in [-0.2, -0.15) is 0 Å². The molecule has 0 aromatic carbocycles. The number of aliphatic hydroxyl groups is 1. The highest BCUT2D eigenvalue weighted by molar-refractivity contribution is 7.47. The molecule has 17 heavy (non-hydrogen) atoms. The van der Waals surface area contributed by atoms with Gasteiger partial charge in [0, 0.05) is 6.42 Å². The molecule has 0 aromatic rings. The minimum atomic E-state index is -4.06. The Balaban J connectivity index is 2.48. The number of aliphatic hydroxyl groups excluding tert-OH is 1. The maximum absolute atomic E-state index is 11.6. The van der Waals surface area contributed by atoms with Crippen LogP contribution >= 0.6 is 7.82 Å². The number of hydrogen-bond donors (Lipinski definition) is 2. The third kappa shape index (κ3) is 5.04. The van der Waals surface area contributed by atoms with Gasteiger partial charge in [0.1, 0.15) is 12.2 Å². The van der Waals surface area contributed by atoms with Crippen LogP contribution in [0, 0.1) is 5.92 Å². The van der Waals surface area contributed by atoms with Crippen LogP contribution in [-0.2, 0) is 18.3 Å². The van der Waals surface area contributed by atoms with E-state index >= 15 is 0 Å². The van der Waals surface area contributed by atoms with Gasteiger partial charge in [-0.3, -0.25) is 9.05 Å². The summed E-state index contributed by atoms with van der Waals surface area (Å²) in [5, 5.41) is 9.05. The molecule has 7 heteroatoms. The van der Waals surface area contributed by atoms with Crippen LogP contribution in [0.5, 0.6) is 0 Å². The summed E-state index contributed by atoms with van der Waals surface area (Å²) < 4.78 is 26.8. The SMILES string of the molecule is CC(C)COP(=O)(O)OC1C[C@H](C)O[C@@H]1CO. The van der Waals surface area contributed by atoms with Gasteiger partial charge in [0.15, 0.2) is 0 Å². The molecule has 1 rings (SSSR count). The molecule has 0 aliphatic carbocycles. The van der Waals surface area contributed by atoms with Crippen molar-refractivity contribution in [2.24, 2.45) is 5.92 Å². The molecule has 0 spiro atoms. The lowest BCUT2D eigenvalue weighted by atomic mass is 10.1. The molecule has 4 atom stereocenters. The van der Waals surface area contributed by atoms with Crippen molar-refractivity contribution in [1.29, 1.82) is 0 Å². The highest BCUT2D eigenvalue weighted by Gasteiger charge is 2.38. The Bertz CT molecular complexity index is 282.